The molecule has 128 valence electrons. The van der Waals surface area contributed by atoms with E-state index in [2.05, 4.69) is 13.8 Å². The molecule has 0 heterocycles. The molecule has 0 aliphatic heterocycles. The number of ether oxygens (including phenoxy) is 1. The highest BCUT2D eigenvalue weighted by Crippen LogP contribution is 2.66. The Morgan fingerprint density at radius 1 is 1.00 bits per heavy atom. The molecule has 0 saturated heterocycles. The van der Waals surface area contributed by atoms with Gasteiger partial charge in [0.15, 0.2) is 0 Å². The van der Waals surface area contributed by atoms with Crippen LogP contribution < -0.4 is 0 Å². The van der Waals surface area contributed by atoms with Crippen LogP contribution >= 0.6 is 0 Å². The Balaban J connectivity index is 1.61. The van der Waals surface area contributed by atoms with Crippen LogP contribution in [0.15, 0.2) is 0 Å². The molecule has 4 aliphatic carbocycles. The van der Waals surface area contributed by atoms with Crippen molar-refractivity contribution in [2.24, 2.45) is 34.5 Å². The molecule has 0 bridgehead atoms. The molecule has 23 heavy (non-hydrogen) atoms. The van der Waals surface area contributed by atoms with Gasteiger partial charge >= 0.3 is 5.97 Å². The number of esters is 1. The summed E-state index contributed by atoms with van der Waals surface area (Å²) >= 11 is 0. The van der Waals surface area contributed by atoms with Gasteiger partial charge < -0.3 is 4.74 Å². The molecule has 3 nitrogen and oxygen atoms in total. The average Bonchev–Trinajstić information content (AvgIpc) is 2.97. The van der Waals surface area contributed by atoms with Gasteiger partial charge in [0.25, 0.3) is 0 Å². The van der Waals surface area contributed by atoms with Crippen molar-refractivity contribution in [2.45, 2.75) is 78.2 Å². The lowest BCUT2D eigenvalue weighted by Gasteiger charge is -2.56. The van der Waals surface area contributed by atoms with Crippen LogP contribution in [0.25, 0.3) is 0 Å². The highest BCUT2D eigenvalue weighted by atomic mass is 16.5. The van der Waals surface area contributed by atoms with Crippen molar-refractivity contribution in [1.82, 2.24) is 0 Å². The topological polar surface area (TPSA) is 43.4 Å². The summed E-state index contributed by atoms with van der Waals surface area (Å²) in [5, 5.41) is 0. The van der Waals surface area contributed by atoms with E-state index in [4.69, 9.17) is 4.74 Å². The van der Waals surface area contributed by atoms with E-state index in [-0.39, 0.29) is 22.9 Å². The van der Waals surface area contributed by atoms with Crippen LogP contribution in [0.4, 0.5) is 0 Å². The van der Waals surface area contributed by atoms with Crippen LogP contribution in [0.1, 0.15) is 72.1 Å². The normalized spacial score (nSPS) is 51.8. The standard InChI is InChI=1S/C20H30O3/c1-12(21)23-18-7-6-14-13-4-5-16-17(22)9-11-19(16,2)15(13)8-10-20(14,18)3/h13-16,18H,4-11H2,1-3H3/t13-,14-,15-,16-,18-,19+,20-/m0/s1. The minimum Gasteiger partial charge on any atom is -0.462 e. The predicted molar refractivity (Wildman–Crippen MR) is 87.7 cm³/mol. The Labute approximate surface area is 139 Å². The van der Waals surface area contributed by atoms with Crippen molar-refractivity contribution in [3.63, 3.8) is 0 Å². The van der Waals surface area contributed by atoms with Crippen molar-refractivity contribution >= 4 is 11.8 Å². The van der Waals surface area contributed by atoms with Gasteiger partial charge in [-0.25, -0.2) is 0 Å². The minimum atomic E-state index is -0.129. The smallest absolute Gasteiger partial charge is 0.302 e. The molecule has 3 heteroatoms. The van der Waals surface area contributed by atoms with Gasteiger partial charge in [-0.3, -0.25) is 9.59 Å². The van der Waals surface area contributed by atoms with Crippen molar-refractivity contribution in [1.29, 1.82) is 0 Å². The largest absolute Gasteiger partial charge is 0.462 e. The van der Waals surface area contributed by atoms with Crippen molar-refractivity contribution < 1.29 is 14.3 Å². The Bertz CT molecular complexity index is 541. The first kappa shape index (κ1) is 15.7. The Morgan fingerprint density at radius 2 is 1.74 bits per heavy atom. The SMILES string of the molecule is CC(=O)O[C@H]1CC[C@H]2[C@@H]3CC[C@H]4C(=O)CC[C@]4(C)[C@H]3CC[C@]12C. The van der Waals surface area contributed by atoms with Crippen LogP contribution in [0.2, 0.25) is 0 Å². The molecule has 4 rings (SSSR count). The molecule has 0 amide bonds. The van der Waals surface area contributed by atoms with E-state index in [1.54, 1.807) is 6.92 Å². The van der Waals surface area contributed by atoms with Crippen molar-refractivity contribution in [3.8, 4) is 0 Å². The van der Waals surface area contributed by atoms with Crippen LogP contribution in [-0.2, 0) is 14.3 Å². The maximum absolute atomic E-state index is 12.3. The molecule has 0 radical (unpaired) electrons. The maximum atomic E-state index is 12.3. The fraction of sp³-hybridized carbons (Fsp3) is 0.900. The van der Waals surface area contributed by atoms with Crippen LogP contribution in [0, 0.1) is 34.5 Å². The van der Waals surface area contributed by atoms with E-state index in [0.29, 0.717) is 23.5 Å². The predicted octanol–water partition coefficient (Wildman–Crippen LogP) is 4.14. The maximum Gasteiger partial charge on any atom is 0.302 e. The van der Waals surface area contributed by atoms with Gasteiger partial charge in [0.1, 0.15) is 11.9 Å². The van der Waals surface area contributed by atoms with Gasteiger partial charge in [0, 0.05) is 24.7 Å². The first-order chi connectivity index (χ1) is 10.9. The average molecular weight is 318 g/mol. The summed E-state index contributed by atoms with van der Waals surface area (Å²) in [6.45, 7) is 6.31. The zero-order chi connectivity index (χ0) is 16.4. The summed E-state index contributed by atoms with van der Waals surface area (Å²) in [5.41, 5.74) is 0.416. The molecular formula is C20H30O3. The molecule has 4 aliphatic rings. The van der Waals surface area contributed by atoms with E-state index >= 15 is 0 Å². The lowest BCUT2D eigenvalue weighted by molar-refractivity contribution is -0.159. The van der Waals surface area contributed by atoms with Gasteiger partial charge in [-0.1, -0.05) is 13.8 Å². The summed E-state index contributed by atoms with van der Waals surface area (Å²) in [6, 6.07) is 0. The molecular weight excluding hydrogens is 288 g/mol. The van der Waals surface area contributed by atoms with Gasteiger partial charge in [0.05, 0.1) is 0 Å². The number of carbonyl (C=O) groups excluding carboxylic acids is 2. The highest BCUT2D eigenvalue weighted by molar-refractivity contribution is 5.84. The summed E-state index contributed by atoms with van der Waals surface area (Å²) in [4.78, 5) is 23.8. The molecule has 0 N–H and O–H groups in total. The Kier molecular flexibility index (Phi) is 3.45. The second-order valence-electron chi connectivity index (χ2n) is 9.20. The van der Waals surface area contributed by atoms with Crippen LogP contribution in [-0.4, -0.2) is 17.9 Å². The fourth-order valence-electron chi connectivity index (χ4n) is 7.26. The van der Waals surface area contributed by atoms with Crippen LogP contribution in [0.3, 0.4) is 0 Å². The number of Topliss-reactive ketones (excluding diaryl/α,β-unsaturated/α-hetero) is 1. The lowest BCUT2D eigenvalue weighted by Crippen LogP contribution is -2.52. The molecule has 4 saturated carbocycles. The highest BCUT2D eigenvalue weighted by Gasteiger charge is 2.62. The quantitative estimate of drug-likeness (QED) is 0.682. The third-order valence-corrected chi connectivity index (χ3v) is 8.39. The molecule has 4 fully saturated rings. The third kappa shape index (κ3) is 2.07. The number of hydrogen-bond donors (Lipinski definition) is 0. The van der Waals surface area contributed by atoms with E-state index in [9.17, 15) is 9.59 Å². The molecule has 0 unspecified atom stereocenters. The van der Waals surface area contributed by atoms with Crippen molar-refractivity contribution in [2.75, 3.05) is 0 Å². The minimum absolute atomic E-state index is 0.113. The molecule has 0 aromatic rings. The second-order valence-corrected chi connectivity index (χ2v) is 9.20. The van der Waals surface area contributed by atoms with Crippen molar-refractivity contribution in [3.05, 3.63) is 0 Å². The zero-order valence-electron chi connectivity index (χ0n) is 14.8. The van der Waals surface area contributed by atoms with E-state index in [1.807, 2.05) is 0 Å². The van der Waals surface area contributed by atoms with Gasteiger partial charge in [-0.15, -0.1) is 0 Å². The van der Waals surface area contributed by atoms with Gasteiger partial charge in [0.2, 0.25) is 0 Å². The monoisotopic (exact) mass is 318 g/mol. The lowest BCUT2D eigenvalue weighted by atomic mass is 9.48. The Morgan fingerprint density at radius 3 is 2.48 bits per heavy atom. The van der Waals surface area contributed by atoms with E-state index in [1.165, 1.54) is 19.3 Å². The van der Waals surface area contributed by atoms with Crippen LogP contribution in [0.5, 0.6) is 0 Å². The number of hydrogen-bond acceptors (Lipinski definition) is 3. The number of carbonyl (C=O) groups is 2. The first-order valence-electron chi connectivity index (χ1n) is 9.56. The summed E-state index contributed by atoms with van der Waals surface area (Å²) in [7, 11) is 0. The summed E-state index contributed by atoms with van der Waals surface area (Å²) in [6.07, 6.45) is 8.94. The first-order valence-corrected chi connectivity index (χ1v) is 9.56. The number of rotatable bonds is 1. The number of fused-ring (bicyclic) bond motifs is 5. The van der Waals surface area contributed by atoms with Gasteiger partial charge in [-0.05, 0) is 68.1 Å². The van der Waals surface area contributed by atoms with Gasteiger partial charge in [-0.2, -0.15) is 0 Å². The number of ketones is 1. The summed E-state index contributed by atoms with van der Waals surface area (Å²) in [5.74, 6) is 2.86. The fourth-order valence-corrected chi connectivity index (χ4v) is 7.26. The Hall–Kier alpha value is -0.860. The molecule has 0 spiro atoms. The van der Waals surface area contributed by atoms with E-state index in [0.717, 1.165) is 38.0 Å². The second kappa shape index (κ2) is 5.07. The zero-order valence-corrected chi connectivity index (χ0v) is 14.8. The molecule has 0 aromatic carbocycles. The summed E-state index contributed by atoms with van der Waals surface area (Å²) < 4.78 is 5.70. The molecule has 0 aromatic heterocycles. The third-order valence-electron chi connectivity index (χ3n) is 8.39. The van der Waals surface area contributed by atoms with E-state index < -0.39 is 0 Å². The molecule has 7 atom stereocenters.